The van der Waals surface area contributed by atoms with Crippen molar-refractivity contribution in [3.05, 3.63) is 58.4 Å². The lowest BCUT2D eigenvalue weighted by molar-refractivity contribution is 0.102. The topological polar surface area (TPSA) is 65.8 Å². The van der Waals surface area contributed by atoms with Crippen LogP contribution in [0.4, 0.5) is 5.69 Å². The molecule has 0 bridgehead atoms. The van der Waals surface area contributed by atoms with Crippen molar-refractivity contribution in [3.63, 3.8) is 0 Å². The molecule has 1 heterocycles. The van der Waals surface area contributed by atoms with E-state index in [1.165, 1.54) is 12.3 Å². The number of aromatic nitrogens is 1. The molecule has 94 valence electrons. The Kier molecular flexibility index (Phi) is 3.79. The molecule has 19 heavy (non-hydrogen) atoms. The van der Waals surface area contributed by atoms with Gasteiger partial charge < -0.3 is 5.32 Å². The van der Waals surface area contributed by atoms with Crippen LogP contribution in [0, 0.1) is 18.3 Å². The SMILES string of the molecule is Cc1ccc(C#N)cc1NC(=O)c1ccnc(Cl)c1. The summed E-state index contributed by atoms with van der Waals surface area (Å²) in [6, 6.07) is 10.2. The predicted octanol–water partition coefficient (Wildman–Crippen LogP) is 3.17. The van der Waals surface area contributed by atoms with Gasteiger partial charge in [-0.25, -0.2) is 4.98 Å². The second kappa shape index (κ2) is 5.51. The van der Waals surface area contributed by atoms with Crippen LogP contribution >= 0.6 is 11.6 Å². The molecule has 0 aliphatic heterocycles. The Bertz CT molecular complexity index is 677. The third-order valence-corrected chi connectivity index (χ3v) is 2.81. The third-order valence-electron chi connectivity index (χ3n) is 2.60. The molecule has 5 heteroatoms. The van der Waals surface area contributed by atoms with E-state index in [1.807, 2.05) is 13.0 Å². The Morgan fingerprint density at radius 1 is 1.37 bits per heavy atom. The highest BCUT2D eigenvalue weighted by Crippen LogP contribution is 2.18. The van der Waals surface area contributed by atoms with E-state index >= 15 is 0 Å². The third kappa shape index (κ3) is 3.09. The summed E-state index contributed by atoms with van der Waals surface area (Å²) in [5.74, 6) is -0.289. The van der Waals surface area contributed by atoms with Crippen molar-refractivity contribution in [2.45, 2.75) is 6.92 Å². The molecule has 0 atom stereocenters. The molecule has 0 unspecified atom stereocenters. The Balaban J connectivity index is 2.27. The van der Waals surface area contributed by atoms with Crippen molar-refractivity contribution in [1.82, 2.24) is 4.98 Å². The van der Waals surface area contributed by atoms with Crippen molar-refractivity contribution in [1.29, 1.82) is 5.26 Å². The standard InChI is InChI=1S/C14H10ClN3O/c1-9-2-3-10(8-16)6-12(9)18-14(19)11-4-5-17-13(15)7-11/h2-7H,1H3,(H,18,19). The van der Waals surface area contributed by atoms with Gasteiger partial charge in [0, 0.05) is 17.4 Å². The van der Waals surface area contributed by atoms with Gasteiger partial charge in [-0.1, -0.05) is 17.7 Å². The first-order valence-electron chi connectivity index (χ1n) is 5.54. The minimum atomic E-state index is -0.289. The predicted molar refractivity (Wildman–Crippen MR) is 73.1 cm³/mol. The molecule has 1 aromatic carbocycles. The Morgan fingerprint density at radius 2 is 2.16 bits per heavy atom. The molecule has 0 radical (unpaired) electrons. The van der Waals surface area contributed by atoms with Crippen LogP contribution in [-0.4, -0.2) is 10.9 Å². The summed E-state index contributed by atoms with van der Waals surface area (Å²) in [6.45, 7) is 1.86. The van der Waals surface area contributed by atoms with E-state index in [9.17, 15) is 4.79 Å². The van der Waals surface area contributed by atoms with Crippen molar-refractivity contribution < 1.29 is 4.79 Å². The molecule has 4 nitrogen and oxygen atoms in total. The summed E-state index contributed by atoms with van der Waals surface area (Å²) in [5, 5.41) is 11.9. The van der Waals surface area contributed by atoms with Gasteiger partial charge in [-0.2, -0.15) is 5.26 Å². The number of nitrogens with one attached hydrogen (secondary N) is 1. The average Bonchev–Trinajstić information content (AvgIpc) is 2.41. The minimum Gasteiger partial charge on any atom is -0.322 e. The number of benzene rings is 1. The van der Waals surface area contributed by atoms with Crippen molar-refractivity contribution in [2.75, 3.05) is 5.32 Å². The van der Waals surface area contributed by atoms with Gasteiger partial charge in [0.2, 0.25) is 0 Å². The minimum absolute atomic E-state index is 0.259. The number of carbonyl (C=O) groups excluding carboxylic acids is 1. The number of anilines is 1. The fourth-order valence-electron chi connectivity index (χ4n) is 1.56. The van der Waals surface area contributed by atoms with Gasteiger partial charge in [-0.3, -0.25) is 4.79 Å². The van der Waals surface area contributed by atoms with Gasteiger partial charge in [0.15, 0.2) is 0 Å². The molecule has 2 rings (SSSR count). The van der Waals surface area contributed by atoms with E-state index in [0.717, 1.165) is 5.56 Å². The van der Waals surface area contributed by atoms with Crippen LogP contribution in [0.25, 0.3) is 0 Å². The lowest BCUT2D eigenvalue weighted by Crippen LogP contribution is -2.13. The quantitative estimate of drug-likeness (QED) is 0.853. The highest BCUT2D eigenvalue weighted by Gasteiger charge is 2.09. The Labute approximate surface area is 115 Å². The van der Waals surface area contributed by atoms with E-state index in [4.69, 9.17) is 16.9 Å². The van der Waals surface area contributed by atoms with Crippen molar-refractivity contribution in [2.24, 2.45) is 0 Å². The van der Waals surface area contributed by atoms with Gasteiger partial charge in [-0.05, 0) is 36.8 Å². The number of rotatable bonds is 2. The Hall–Kier alpha value is -2.38. The van der Waals surface area contributed by atoms with Crippen LogP contribution in [0.5, 0.6) is 0 Å². The molecule has 0 aliphatic carbocycles. The van der Waals surface area contributed by atoms with E-state index in [0.29, 0.717) is 16.8 Å². The molecular formula is C14H10ClN3O. The molecule has 2 aromatic rings. The number of nitrogens with zero attached hydrogens (tertiary/aromatic N) is 2. The number of amides is 1. The maximum absolute atomic E-state index is 12.0. The van der Waals surface area contributed by atoms with Gasteiger partial charge >= 0.3 is 0 Å². The number of pyridine rings is 1. The molecular weight excluding hydrogens is 262 g/mol. The summed E-state index contributed by atoms with van der Waals surface area (Å²) >= 11 is 5.74. The monoisotopic (exact) mass is 271 g/mol. The lowest BCUT2D eigenvalue weighted by Gasteiger charge is -2.08. The van der Waals surface area contributed by atoms with Crippen molar-refractivity contribution >= 4 is 23.2 Å². The summed E-state index contributed by atoms with van der Waals surface area (Å²) in [5.41, 5.74) is 2.40. The number of aryl methyl sites for hydroxylation is 1. The first-order chi connectivity index (χ1) is 9.10. The molecule has 0 aliphatic rings. The normalized spacial score (nSPS) is 9.74. The molecule has 0 saturated heterocycles. The average molecular weight is 272 g/mol. The highest BCUT2D eigenvalue weighted by atomic mass is 35.5. The number of hydrogen-bond acceptors (Lipinski definition) is 3. The first kappa shape index (κ1) is 13.1. The number of carbonyl (C=O) groups is 1. The zero-order chi connectivity index (χ0) is 13.8. The highest BCUT2D eigenvalue weighted by molar-refractivity contribution is 6.29. The molecule has 0 fully saturated rings. The van der Waals surface area contributed by atoms with Crippen molar-refractivity contribution in [3.8, 4) is 6.07 Å². The van der Waals surface area contributed by atoms with E-state index < -0.39 is 0 Å². The van der Waals surface area contributed by atoms with Crippen LogP contribution in [0.3, 0.4) is 0 Å². The Morgan fingerprint density at radius 3 is 2.84 bits per heavy atom. The second-order valence-corrected chi connectivity index (χ2v) is 4.35. The lowest BCUT2D eigenvalue weighted by atomic mass is 10.1. The summed E-state index contributed by atoms with van der Waals surface area (Å²) in [6.07, 6.45) is 1.47. The maximum atomic E-state index is 12.0. The largest absolute Gasteiger partial charge is 0.322 e. The zero-order valence-electron chi connectivity index (χ0n) is 10.1. The van der Waals surface area contributed by atoms with E-state index in [-0.39, 0.29) is 11.1 Å². The van der Waals surface area contributed by atoms with E-state index in [2.05, 4.69) is 10.3 Å². The maximum Gasteiger partial charge on any atom is 0.255 e. The second-order valence-electron chi connectivity index (χ2n) is 3.96. The summed E-state index contributed by atoms with van der Waals surface area (Å²) in [4.78, 5) is 15.9. The van der Waals surface area contributed by atoms with Gasteiger partial charge in [0.05, 0.1) is 11.6 Å². The molecule has 0 spiro atoms. The van der Waals surface area contributed by atoms with Gasteiger partial charge in [0.25, 0.3) is 5.91 Å². The summed E-state index contributed by atoms with van der Waals surface area (Å²) < 4.78 is 0. The number of nitriles is 1. The van der Waals surface area contributed by atoms with Gasteiger partial charge in [0.1, 0.15) is 5.15 Å². The smallest absolute Gasteiger partial charge is 0.255 e. The fourth-order valence-corrected chi connectivity index (χ4v) is 1.74. The fraction of sp³-hybridized carbons (Fsp3) is 0.0714. The molecule has 1 N–H and O–H groups in total. The van der Waals surface area contributed by atoms with E-state index in [1.54, 1.807) is 24.3 Å². The zero-order valence-corrected chi connectivity index (χ0v) is 10.9. The number of hydrogen-bond donors (Lipinski definition) is 1. The molecule has 1 aromatic heterocycles. The van der Waals surface area contributed by atoms with Crippen LogP contribution < -0.4 is 5.32 Å². The van der Waals surface area contributed by atoms with Gasteiger partial charge in [-0.15, -0.1) is 0 Å². The molecule has 0 saturated carbocycles. The molecule has 1 amide bonds. The van der Waals surface area contributed by atoms with Crippen LogP contribution in [0.1, 0.15) is 21.5 Å². The summed E-state index contributed by atoms with van der Waals surface area (Å²) in [7, 11) is 0. The first-order valence-corrected chi connectivity index (χ1v) is 5.91. The van der Waals surface area contributed by atoms with Crippen LogP contribution in [-0.2, 0) is 0 Å². The number of halogens is 1. The van der Waals surface area contributed by atoms with Crippen LogP contribution in [0.2, 0.25) is 5.15 Å². The van der Waals surface area contributed by atoms with Crippen LogP contribution in [0.15, 0.2) is 36.5 Å².